The predicted molar refractivity (Wildman–Crippen MR) is 97.4 cm³/mol. The van der Waals surface area contributed by atoms with E-state index in [9.17, 15) is 22.0 Å². The van der Waals surface area contributed by atoms with Gasteiger partial charge >= 0.3 is 6.18 Å². The summed E-state index contributed by atoms with van der Waals surface area (Å²) in [6.45, 7) is 0.245. The van der Waals surface area contributed by atoms with E-state index in [2.05, 4.69) is 10.3 Å². The number of alkyl halides is 3. The fourth-order valence-corrected chi connectivity index (χ4v) is 3.43. The van der Waals surface area contributed by atoms with Gasteiger partial charge in [0.15, 0.2) is 0 Å². The van der Waals surface area contributed by atoms with Crippen LogP contribution in [0.2, 0.25) is 0 Å². The average Bonchev–Trinajstić information content (AvgIpc) is 2.67. The molecule has 0 radical (unpaired) electrons. The molecule has 0 spiro atoms. The Morgan fingerprint density at radius 1 is 1.03 bits per heavy atom. The van der Waals surface area contributed by atoms with Crippen LogP contribution in [0.15, 0.2) is 48.8 Å². The van der Waals surface area contributed by atoms with Crippen LogP contribution in [0.3, 0.4) is 0 Å². The Labute approximate surface area is 163 Å². The number of nitrogens with one attached hydrogen (secondary N) is 1. The largest absolute Gasteiger partial charge is 0.489 e. The van der Waals surface area contributed by atoms with E-state index in [0.29, 0.717) is 18.1 Å². The number of hydrogen-bond donors (Lipinski definition) is 1. The quantitative estimate of drug-likeness (QED) is 0.587. The standard InChI is InChI=1S/C21H17F5N2O/c22-17-3-1-12-10-27-8-7-14(12)15(17)11-28-19-5-6-20(19)29-13-2-4-18(23)16(9-13)21(24,25)26/h1-4,7-10,19-20,28H,5-6,11H2/t19-,20-/m1/s1. The number of aromatic nitrogens is 1. The third-order valence-electron chi connectivity index (χ3n) is 5.16. The smallest absolute Gasteiger partial charge is 0.419 e. The molecule has 0 bridgehead atoms. The van der Waals surface area contributed by atoms with E-state index in [0.717, 1.165) is 23.3 Å². The van der Waals surface area contributed by atoms with E-state index in [4.69, 9.17) is 4.74 Å². The van der Waals surface area contributed by atoms with Crippen LogP contribution in [-0.4, -0.2) is 17.1 Å². The molecule has 3 nitrogen and oxygen atoms in total. The Balaban J connectivity index is 1.45. The van der Waals surface area contributed by atoms with Gasteiger partial charge in [0.05, 0.1) is 5.56 Å². The summed E-state index contributed by atoms with van der Waals surface area (Å²) in [7, 11) is 0. The molecule has 1 heterocycles. The number of fused-ring (bicyclic) bond motifs is 1. The fraction of sp³-hybridized carbons (Fsp3) is 0.286. The molecule has 2 aromatic carbocycles. The van der Waals surface area contributed by atoms with Gasteiger partial charge in [-0.05, 0) is 54.6 Å². The number of halogens is 5. The molecule has 0 amide bonds. The lowest BCUT2D eigenvalue weighted by Gasteiger charge is -2.37. The molecule has 8 heteroatoms. The summed E-state index contributed by atoms with van der Waals surface area (Å²) in [5.41, 5.74) is -0.859. The summed E-state index contributed by atoms with van der Waals surface area (Å²) in [5, 5.41) is 4.78. The third-order valence-corrected chi connectivity index (χ3v) is 5.16. The molecule has 0 unspecified atom stereocenters. The number of rotatable bonds is 5. The van der Waals surface area contributed by atoms with E-state index in [1.807, 2.05) is 0 Å². The number of ether oxygens (including phenoxy) is 1. The molecule has 3 aromatic rings. The number of benzene rings is 2. The van der Waals surface area contributed by atoms with Gasteiger partial charge in [0.2, 0.25) is 0 Å². The third kappa shape index (κ3) is 4.03. The molecule has 0 aliphatic heterocycles. The van der Waals surface area contributed by atoms with E-state index in [1.54, 1.807) is 24.5 Å². The van der Waals surface area contributed by atoms with Gasteiger partial charge in [0, 0.05) is 35.9 Å². The Hall–Kier alpha value is -2.74. The monoisotopic (exact) mass is 408 g/mol. The summed E-state index contributed by atoms with van der Waals surface area (Å²) < 4.78 is 71.9. The van der Waals surface area contributed by atoms with Crippen LogP contribution >= 0.6 is 0 Å². The SMILES string of the molecule is Fc1ccc(O[C@@H]2CC[C@H]2NCc2c(F)ccc3cnccc23)cc1C(F)(F)F. The molecule has 1 aromatic heterocycles. The molecule has 29 heavy (non-hydrogen) atoms. The summed E-state index contributed by atoms with van der Waals surface area (Å²) in [4.78, 5) is 4.03. The van der Waals surface area contributed by atoms with Crippen molar-refractivity contribution in [1.82, 2.24) is 10.3 Å². The minimum Gasteiger partial charge on any atom is -0.489 e. The molecule has 0 saturated heterocycles. The summed E-state index contributed by atoms with van der Waals surface area (Å²) in [6.07, 6.45) is -0.541. The summed E-state index contributed by atoms with van der Waals surface area (Å²) >= 11 is 0. The molecular formula is C21H17F5N2O. The van der Waals surface area contributed by atoms with Gasteiger partial charge in [0.25, 0.3) is 0 Å². The molecule has 152 valence electrons. The molecule has 1 aliphatic rings. The van der Waals surface area contributed by atoms with Gasteiger partial charge in [-0.25, -0.2) is 8.78 Å². The molecule has 1 saturated carbocycles. The second kappa shape index (κ2) is 7.59. The van der Waals surface area contributed by atoms with Crippen molar-refractivity contribution in [3.05, 3.63) is 71.6 Å². The van der Waals surface area contributed by atoms with E-state index >= 15 is 0 Å². The van der Waals surface area contributed by atoms with Crippen molar-refractivity contribution in [3.63, 3.8) is 0 Å². The van der Waals surface area contributed by atoms with Crippen LogP contribution < -0.4 is 10.1 Å². The van der Waals surface area contributed by atoms with Crippen LogP contribution in [0.25, 0.3) is 10.8 Å². The number of pyridine rings is 1. The Bertz CT molecular complexity index is 1040. The lowest BCUT2D eigenvalue weighted by atomic mass is 9.88. The Morgan fingerprint density at radius 3 is 2.55 bits per heavy atom. The highest BCUT2D eigenvalue weighted by Gasteiger charge is 2.36. The zero-order chi connectivity index (χ0) is 20.6. The van der Waals surface area contributed by atoms with E-state index in [1.165, 1.54) is 12.1 Å². The van der Waals surface area contributed by atoms with Gasteiger partial charge in [-0.2, -0.15) is 13.2 Å². The Morgan fingerprint density at radius 2 is 1.83 bits per heavy atom. The summed E-state index contributed by atoms with van der Waals surface area (Å²) in [5.74, 6) is -1.73. The van der Waals surface area contributed by atoms with Crippen LogP contribution in [0.4, 0.5) is 22.0 Å². The topological polar surface area (TPSA) is 34.1 Å². The van der Waals surface area contributed by atoms with Crippen LogP contribution in [0, 0.1) is 11.6 Å². The molecule has 2 atom stereocenters. The average molecular weight is 408 g/mol. The van der Waals surface area contributed by atoms with Crippen LogP contribution in [0.5, 0.6) is 5.75 Å². The number of nitrogens with zero attached hydrogens (tertiary/aromatic N) is 1. The van der Waals surface area contributed by atoms with Crippen molar-refractivity contribution in [1.29, 1.82) is 0 Å². The van der Waals surface area contributed by atoms with Crippen molar-refractivity contribution in [2.24, 2.45) is 0 Å². The predicted octanol–water partition coefficient (Wildman–Crippen LogP) is 5.23. The summed E-state index contributed by atoms with van der Waals surface area (Å²) in [6, 6.07) is 7.22. The van der Waals surface area contributed by atoms with Gasteiger partial charge < -0.3 is 10.1 Å². The highest BCUT2D eigenvalue weighted by atomic mass is 19.4. The normalized spacial score (nSPS) is 19.2. The van der Waals surface area contributed by atoms with Crippen LogP contribution in [-0.2, 0) is 12.7 Å². The van der Waals surface area contributed by atoms with Crippen molar-refractivity contribution < 1.29 is 26.7 Å². The van der Waals surface area contributed by atoms with Crippen molar-refractivity contribution in [2.75, 3.05) is 0 Å². The van der Waals surface area contributed by atoms with Gasteiger partial charge in [-0.1, -0.05) is 0 Å². The maximum atomic E-state index is 14.3. The zero-order valence-corrected chi connectivity index (χ0v) is 15.1. The van der Waals surface area contributed by atoms with E-state index in [-0.39, 0.29) is 30.3 Å². The molecular weight excluding hydrogens is 391 g/mol. The minimum atomic E-state index is -4.79. The van der Waals surface area contributed by atoms with Crippen LogP contribution in [0.1, 0.15) is 24.0 Å². The molecule has 1 fully saturated rings. The first kappa shape index (κ1) is 19.6. The van der Waals surface area contributed by atoms with Crippen molar-refractivity contribution in [2.45, 2.75) is 37.7 Å². The van der Waals surface area contributed by atoms with Crippen molar-refractivity contribution in [3.8, 4) is 5.75 Å². The Kier molecular flexibility index (Phi) is 5.12. The van der Waals surface area contributed by atoms with Gasteiger partial charge in [-0.3, -0.25) is 4.98 Å². The highest BCUT2D eigenvalue weighted by molar-refractivity contribution is 5.84. The second-order valence-electron chi connectivity index (χ2n) is 6.98. The first-order chi connectivity index (χ1) is 13.8. The maximum absolute atomic E-state index is 14.3. The van der Waals surface area contributed by atoms with E-state index < -0.39 is 17.6 Å². The molecule has 4 rings (SSSR count). The first-order valence-electron chi connectivity index (χ1n) is 9.11. The maximum Gasteiger partial charge on any atom is 0.419 e. The van der Waals surface area contributed by atoms with Crippen molar-refractivity contribution >= 4 is 10.8 Å². The molecule has 1 N–H and O–H groups in total. The highest BCUT2D eigenvalue weighted by Crippen LogP contribution is 2.35. The second-order valence-corrected chi connectivity index (χ2v) is 6.98. The number of hydrogen-bond acceptors (Lipinski definition) is 3. The molecule has 1 aliphatic carbocycles. The zero-order valence-electron chi connectivity index (χ0n) is 15.1. The van der Waals surface area contributed by atoms with Gasteiger partial charge in [-0.15, -0.1) is 0 Å². The lowest BCUT2D eigenvalue weighted by Crippen LogP contribution is -2.50. The van der Waals surface area contributed by atoms with Gasteiger partial charge in [0.1, 0.15) is 23.5 Å². The lowest BCUT2D eigenvalue weighted by molar-refractivity contribution is -0.140. The minimum absolute atomic E-state index is 0.0439. The first-order valence-corrected chi connectivity index (χ1v) is 9.11. The fourth-order valence-electron chi connectivity index (χ4n) is 3.43.